The Bertz CT molecular complexity index is 1260. The molecule has 1 aliphatic heterocycles. The molecule has 1 atom stereocenters. The van der Waals surface area contributed by atoms with E-state index >= 15 is 0 Å². The topological polar surface area (TPSA) is 98.0 Å². The lowest BCUT2D eigenvalue weighted by molar-refractivity contribution is -0.133. The van der Waals surface area contributed by atoms with Crippen molar-refractivity contribution in [2.24, 2.45) is 0 Å². The first-order valence-corrected chi connectivity index (χ1v) is 8.56. The number of benzene rings is 2. The summed E-state index contributed by atoms with van der Waals surface area (Å²) >= 11 is 0. The fourth-order valence-electron chi connectivity index (χ4n) is 3.73. The first kappa shape index (κ1) is 15.5. The number of H-pyrrole nitrogens is 2. The van der Waals surface area contributed by atoms with Crippen molar-refractivity contribution in [3.63, 3.8) is 0 Å². The van der Waals surface area contributed by atoms with Gasteiger partial charge in [-0.1, -0.05) is 36.4 Å². The molecular formula is C21H15N3O3. The Balaban J connectivity index is 1.76. The first-order valence-electron chi connectivity index (χ1n) is 8.56. The molecule has 3 heterocycles. The molecule has 0 spiro atoms. The number of hydrogen-bond donors (Lipinski definition) is 4. The lowest BCUT2D eigenvalue weighted by Gasteiger charge is -2.16. The maximum absolute atomic E-state index is 13.4. The highest BCUT2D eigenvalue weighted by Crippen LogP contribution is 2.34. The largest absolute Gasteiger partial charge is 0.477 e. The average Bonchev–Trinajstić information content (AvgIpc) is 3.22. The number of rotatable bonds is 2. The fraction of sp³-hybridized carbons (Fsp3) is 0.0476. The second kappa shape index (κ2) is 5.60. The van der Waals surface area contributed by atoms with E-state index in [0.717, 1.165) is 21.8 Å². The minimum atomic E-state index is -1.11. The molecule has 0 saturated heterocycles. The first-order chi connectivity index (χ1) is 13.1. The zero-order valence-corrected chi connectivity index (χ0v) is 14.1. The molecule has 132 valence electrons. The van der Waals surface area contributed by atoms with Gasteiger partial charge < -0.3 is 20.4 Å². The minimum absolute atomic E-state index is 0.0119. The minimum Gasteiger partial charge on any atom is -0.477 e. The number of aliphatic carboxylic acids is 1. The predicted molar refractivity (Wildman–Crippen MR) is 102 cm³/mol. The molecule has 0 bridgehead atoms. The molecule has 2 aromatic carbocycles. The summed E-state index contributed by atoms with van der Waals surface area (Å²) in [7, 11) is 0. The number of carboxylic acid groups (broad SMARTS) is 1. The van der Waals surface area contributed by atoms with Crippen LogP contribution in [0.2, 0.25) is 0 Å². The zero-order chi connectivity index (χ0) is 18.5. The Morgan fingerprint density at radius 1 is 0.963 bits per heavy atom. The summed E-state index contributed by atoms with van der Waals surface area (Å²) in [6.45, 7) is 0. The van der Waals surface area contributed by atoms with Gasteiger partial charge in [0.25, 0.3) is 0 Å². The van der Waals surface area contributed by atoms with E-state index in [0.29, 0.717) is 16.8 Å². The maximum Gasteiger partial charge on any atom is 0.352 e. The summed E-state index contributed by atoms with van der Waals surface area (Å²) in [4.78, 5) is 31.5. The number of para-hydroxylation sites is 2. The van der Waals surface area contributed by atoms with Crippen LogP contribution >= 0.6 is 0 Å². The van der Waals surface area contributed by atoms with Gasteiger partial charge in [0.15, 0.2) is 0 Å². The summed E-state index contributed by atoms with van der Waals surface area (Å²) in [6, 6.07) is 14.3. The normalized spacial score (nSPS) is 16.7. The van der Waals surface area contributed by atoms with Gasteiger partial charge in [0, 0.05) is 39.1 Å². The third kappa shape index (κ3) is 2.27. The molecule has 0 amide bonds. The SMILES string of the molecule is O=C(O)C1=Cc2c([nH]c3ccccc23)C(=O)[C@H](c2c[nH]c3ccccc23)N1. The summed E-state index contributed by atoms with van der Waals surface area (Å²) in [6.07, 6.45) is 3.29. The van der Waals surface area contributed by atoms with Crippen molar-refractivity contribution in [1.82, 2.24) is 15.3 Å². The monoisotopic (exact) mass is 357 g/mol. The summed E-state index contributed by atoms with van der Waals surface area (Å²) in [5.41, 5.74) is 3.41. The van der Waals surface area contributed by atoms with E-state index in [1.165, 1.54) is 6.08 Å². The number of aromatic amines is 2. The fourth-order valence-corrected chi connectivity index (χ4v) is 3.73. The van der Waals surface area contributed by atoms with Gasteiger partial charge in [-0.05, 0) is 18.2 Å². The van der Waals surface area contributed by atoms with Gasteiger partial charge >= 0.3 is 5.97 Å². The average molecular weight is 357 g/mol. The molecular weight excluding hydrogens is 342 g/mol. The Hall–Kier alpha value is -3.80. The van der Waals surface area contributed by atoms with Gasteiger partial charge in [0.2, 0.25) is 5.78 Å². The smallest absolute Gasteiger partial charge is 0.352 e. The molecule has 0 fully saturated rings. The number of Topliss-reactive ketones (excluding diaryl/α,β-unsaturated/α-hetero) is 1. The van der Waals surface area contributed by atoms with E-state index in [-0.39, 0.29) is 11.5 Å². The van der Waals surface area contributed by atoms with Gasteiger partial charge in [-0.15, -0.1) is 0 Å². The van der Waals surface area contributed by atoms with Gasteiger partial charge in [-0.25, -0.2) is 4.79 Å². The van der Waals surface area contributed by atoms with Crippen LogP contribution in [0.15, 0.2) is 60.4 Å². The molecule has 4 N–H and O–H groups in total. The van der Waals surface area contributed by atoms with E-state index < -0.39 is 12.0 Å². The molecule has 0 unspecified atom stereocenters. The highest BCUT2D eigenvalue weighted by molar-refractivity contribution is 6.12. The molecule has 0 saturated carbocycles. The standard InChI is InChI=1S/C21H15N3O3/c25-20-18-13(11-5-2-4-8-16(11)23-18)9-17(21(26)27)24-19(20)14-10-22-15-7-3-1-6-12(14)15/h1-10,19,22-24H,(H,26,27)/t19-/m0/s1. The van der Waals surface area contributed by atoms with Crippen molar-refractivity contribution in [2.75, 3.05) is 0 Å². The lowest BCUT2D eigenvalue weighted by Crippen LogP contribution is -2.30. The number of fused-ring (bicyclic) bond motifs is 4. The van der Waals surface area contributed by atoms with Crippen molar-refractivity contribution in [3.8, 4) is 0 Å². The number of carbonyl (C=O) groups excluding carboxylic acids is 1. The number of carbonyl (C=O) groups is 2. The lowest BCUT2D eigenvalue weighted by atomic mass is 9.99. The predicted octanol–water partition coefficient (Wildman–Crippen LogP) is 3.60. The van der Waals surface area contributed by atoms with Crippen LogP contribution in [0.4, 0.5) is 0 Å². The molecule has 6 nitrogen and oxygen atoms in total. The van der Waals surface area contributed by atoms with E-state index in [1.54, 1.807) is 6.20 Å². The second-order valence-electron chi connectivity index (χ2n) is 6.55. The van der Waals surface area contributed by atoms with Crippen LogP contribution in [0.3, 0.4) is 0 Å². The summed E-state index contributed by atoms with van der Waals surface area (Å²) in [5, 5.41) is 14.3. The quantitative estimate of drug-likeness (QED) is 0.440. The number of aromatic nitrogens is 2. The van der Waals surface area contributed by atoms with Crippen molar-refractivity contribution in [3.05, 3.63) is 77.2 Å². The Morgan fingerprint density at radius 2 is 1.67 bits per heavy atom. The third-order valence-electron chi connectivity index (χ3n) is 5.01. The zero-order valence-electron chi connectivity index (χ0n) is 14.1. The van der Waals surface area contributed by atoms with E-state index in [4.69, 9.17) is 0 Å². The van der Waals surface area contributed by atoms with Crippen molar-refractivity contribution < 1.29 is 14.7 Å². The molecule has 27 heavy (non-hydrogen) atoms. The molecule has 0 aliphatic carbocycles. The summed E-state index contributed by atoms with van der Waals surface area (Å²) < 4.78 is 0. The highest BCUT2D eigenvalue weighted by atomic mass is 16.4. The number of nitrogens with one attached hydrogen (secondary N) is 3. The van der Waals surface area contributed by atoms with Gasteiger partial charge in [-0.2, -0.15) is 0 Å². The Kier molecular flexibility index (Phi) is 3.21. The van der Waals surface area contributed by atoms with Crippen LogP contribution in [0, 0.1) is 0 Å². The van der Waals surface area contributed by atoms with E-state index in [1.807, 2.05) is 48.5 Å². The van der Waals surface area contributed by atoms with Crippen LogP contribution in [0.5, 0.6) is 0 Å². The number of hydrogen-bond acceptors (Lipinski definition) is 3. The molecule has 4 aromatic rings. The maximum atomic E-state index is 13.4. The van der Waals surface area contributed by atoms with Crippen LogP contribution in [0.1, 0.15) is 27.7 Å². The van der Waals surface area contributed by atoms with Crippen molar-refractivity contribution in [1.29, 1.82) is 0 Å². The van der Waals surface area contributed by atoms with Gasteiger partial charge in [0.05, 0.1) is 5.69 Å². The van der Waals surface area contributed by atoms with Crippen molar-refractivity contribution >= 4 is 39.6 Å². The van der Waals surface area contributed by atoms with E-state index in [2.05, 4.69) is 15.3 Å². The van der Waals surface area contributed by atoms with Crippen molar-refractivity contribution in [2.45, 2.75) is 6.04 Å². The van der Waals surface area contributed by atoms with Crippen LogP contribution < -0.4 is 5.32 Å². The third-order valence-corrected chi connectivity index (χ3v) is 5.01. The molecule has 1 aliphatic rings. The molecule has 5 rings (SSSR count). The van der Waals surface area contributed by atoms with Crippen LogP contribution in [0.25, 0.3) is 27.9 Å². The van der Waals surface area contributed by atoms with E-state index in [9.17, 15) is 14.7 Å². The van der Waals surface area contributed by atoms with Gasteiger partial charge in [0.1, 0.15) is 11.7 Å². The van der Waals surface area contributed by atoms with Gasteiger partial charge in [-0.3, -0.25) is 4.79 Å². The van der Waals surface area contributed by atoms with Crippen LogP contribution in [-0.4, -0.2) is 26.8 Å². The Morgan fingerprint density at radius 3 is 2.44 bits per heavy atom. The van der Waals surface area contributed by atoms with Crippen LogP contribution in [-0.2, 0) is 4.79 Å². The number of ketones is 1. The molecule has 0 radical (unpaired) electrons. The number of carboxylic acids is 1. The second-order valence-corrected chi connectivity index (χ2v) is 6.55. The molecule has 2 aromatic heterocycles. The Labute approximate surface area is 153 Å². The molecule has 6 heteroatoms. The highest BCUT2D eigenvalue weighted by Gasteiger charge is 2.32. The summed E-state index contributed by atoms with van der Waals surface area (Å²) in [5.74, 6) is -1.30.